The van der Waals surface area contributed by atoms with Crippen molar-refractivity contribution in [2.24, 2.45) is 5.73 Å². The van der Waals surface area contributed by atoms with Crippen LogP contribution in [0.15, 0.2) is 48.5 Å². The molecule has 2 aliphatic rings. The topological polar surface area (TPSA) is 85.1 Å². The molecule has 2 aromatic rings. The summed E-state index contributed by atoms with van der Waals surface area (Å²) < 4.78 is 0. The van der Waals surface area contributed by atoms with Crippen molar-refractivity contribution in [1.82, 2.24) is 20.0 Å². The smallest absolute Gasteiger partial charge is 0.251 e. The highest BCUT2D eigenvalue weighted by atomic mass is 16.3. The maximum atomic E-state index is 12.7. The Kier molecular flexibility index (Phi) is 8.47. The van der Waals surface area contributed by atoms with Crippen LogP contribution in [0.5, 0.6) is 0 Å². The highest BCUT2D eigenvalue weighted by molar-refractivity contribution is 5.94. The Morgan fingerprint density at radius 1 is 0.970 bits per heavy atom. The number of aliphatic hydroxyl groups is 1. The van der Waals surface area contributed by atoms with E-state index in [0.717, 1.165) is 64.3 Å². The molecule has 2 aliphatic heterocycles. The van der Waals surface area contributed by atoms with Crippen molar-refractivity contribution in [3.05, 3.63) is 70.8 Å². The number of fused-ring (bicyclic) bond motifs is 1. The van der Waals surface area contributed by atoms with Gasteiger partial charge in [0.1, 0.15) is 0 Å². The number of aliphatic hydroxyl groups excluding tert-OH is 1. The number of carbonyl (C=O) groups excluding carboxylic acids is 1. The van der Waals surface area contributed by atoms with Crippen molar-refractivity contribution in [2.45, 2.75) is 25.6 Å². The van der Waals surface area contributed by atoms with Crippen LogP contribution >= 0.6 is 0 Å². The second kappa shape index (κ2) is 11.7. The Balaban J connectivity index is 1.22. The fourth-order valence-corrected chi connectivity index (χ4v) is 4.81. The van der Waals surface area contributed by atoms with E-state index in [-0.39, 0.29) is 12.5 Å². The maximum Gasteiger partial charge on any atom is 0.251 e. The first-order valence-corrected chi connectivity index (χ1v) is 12.1. The number of rotatable bonds is 9. The molecule has 4 rings (SSSR count). The lowest BCUT2D eigenvalue weighted by molar-refractivity contribution is 0.0841. The summed E-state index contributed by atoms with van der Waals surface area (Å²) in [7, 11) is 0. The number of carbonyl (C=O) groups is 1. The van der Waals surface area contributed by atoms with Crippen molar-refractivity contribution in [1.29, 1.82) is 0 Å². The molecule has 2 heterocycles. The molecule has 4 N–H and O–H groups in total. The summed E-state index contributed by atoms with van der Waals surface area (Å²) >= 11 is 0. The minimum absolute atomic E-state index is 0.132. The predicted octanol–water partition coefficient (Wildman–Crippen LogP) is 0.912. The molecule has 0 aromatic heterocycles. The van der Waals surface area contributed by atoms with E-state index >= 15 is 0 Å². The summed E-state index contributed by atoms with van der Waals surface area (Å²) in [5, 5.41) is 13.4. The molecule has 2 aromatic carbocycles. The second-order valence-electron chi connectivity index (χ2n) is 9.22. The standard InChI is InChI=1S/C26H37N5O2/c27-9-11-29-12-14-30(15-13-29)18-21-4-3-7-23(16-21)26(33)28-17-25(32)20-31-10-8-22-5-1-2-6-24(22)19-31/h1-7,16,25,32H,8-15,17-20,27H2,(H,28,33). The Bertz CT molecular complexity index is 913. The fourth-order valence-electron chi connectivity index (χ4n) is 4.81. The van der Waals surface area contributed by atoms with Crippen molar-refractivity contribution >= 4 is 5.91 Å². The van der Waals surface area contributed by atoms with Gasteiger partial charge in [-0.1, -0.05) is 36.4 Å². The van der Waals surface area contributed by atoms with Gasteiger partial charge in [-0.3, -0.25) is 19.5 Å². The van der Waals surface area contributed by atoms with Gasteiger partial charge in [-0.25, -0.2) is 0 Å². The van der Waals surface area contributed by atoms with Crippen molar-refractivity contribution in [3.63, 3.8) is 0 Å². The molecule has 1 fully saturated rings. The van der Waals surface area contributed by atoms with Gasteiger partial charge in [-0.2, -0.15) is 0 Å². The van der Waals surface area contributed by atoms with Crippen LogP contribution < -0.4 is 11.1 Å². The number of hydrogen-bond acceptors (Lipinski definition) is 6. The summed E-state index contributed by atoms with van der Waals surface area (Å²) in [6, 6.07) is 16.3. The third-order valence-electron chi connectivity index (χ3n) is 6.68. The normalized spacial score (nSPS) is 18.6. The monoisotopic (exact) mass is 451 g/mol. The first-order chi connectivity index (χ1) is 16.1. The van der Waals surface area contributed by atoms with E-state index in [4.69, 9.17) is 5.73 Å². The molecule has 1 amide bonds. The molecule has 7 heteroatoms. The van der Waals surface area contributed by atoms with E-state index in [0.29, 0.717) is 18.7 Å². The Morgan fingerprint density at radius 3 is 2.52 bits per heavy atom. The van der Waals surface area contributed by atoms with Crippen LogP contribution in [0.1, 0.15) is 27.0 Å². The van der Waals surface area contributed by atoms with Gasteiger partial charge in [-0.05, 0) is 35.2 Å². The molecule has 7 nitrogen and oxygen atoms in total. The molecular formula is C26H37N5O2. The number of nitrogens with zero attached hydrogens (tertiary/aromatic N) is 3. The van der Waals surface area contributed by atoms with Gasteiger partial charge in [0, 0.05) is 77.6 Å². The third kappa shape index (κ3) is 6.85. The molecule has 0 saturated carbocycles. The maximum absolute atomic E-state index is 12.7. The van der Waals surface area contributed by atoms with Gasteiger partial charge < -0.3 is 16.2 Å². The van der Waals surface area contributed by atoms with Crippen LogP contribution in [0.2, 0.25) is 0 Å². The van der Waals surface area contributed by atoms with Crippen molar-refractivity contribution < 1.29 is 9.90 Å². The number of amides is 1. The number of nitrogens with two attached hydrogens (primary N) is 1. The first-order valence-electron chi connectivity index (χ1n) is 12.1. The molecule has 1 unspecified atom stereocenters. The van der Waals surface area contributed by atoms with E-state index < -0.39 is 6.10 Å². The Morgan fingerprint density at radius 2 is 1.73 bits per heavy atom. The van der Waals surface area contributed by atoms with E-state index in [1.807, 2.05) is 18.2 Å². The van der Waals surface area contributed by atoms with Gasteiger partial charge in [-0.15, -0.1) is 0 Å². The van der Waals surface area contributed by atoms with Crippen LogP contribution in [-0.4, -0.2) is 90.7 Å². The van der Waals surface area contributed by atoms with E-state index in [1.54, 1.807) is 0 Å². The zero-order chi connectivity index (χ0) is 23.0. The highest BCUT2D eigenvalue weighted by Crippen LogP contribution is 2.18. The molecule has 0 radical (unpaired) electrons. The van der Waals surface area contributed by atoms with Gasteiger partial charge in [0.05, 0.1) is 6.10 Å². The summed E-state index contributed by atoms with van der Waals surface area (Å²) in [6.07, 6.45) is 0.414. The molecule has 0 spiro atoms. The zero-order valence-electron chi connectivity index (χ0n) is 19.5. The van der Waals surface area contributed by atoms with Crippen LogP contribution in [0.4, 0.5) is 0 Å². The average Bonchev–Trinajstić information content (AvgIpc) is 2.84. The van der Waals surface area contributed by atoms with Gasteiger partial charge in [0.15, 0.2) is 0 Å². The molecule has 0 aliphatic carbocycles. The summed E-state index contributed by atoms with van der Waals surface area (Å²) in [6.45, 7) is 9.22. The molecule has 1 atom stereocenters. The quantitative estimate of drug-likeness (QED) is 0.526. The van der Waals surface area contributed by atoms with Crippen molar-refractivity contribution in [3.8, 4) is 0 Å². The number of piperazine rings is 1. The van der Waals surface area contributed by atoms with E-state index in [9.17, 15) is 9.90 Å². The van der Waals surface area contributed by atoms with E-state index in [1.165, 1.54) is 11.1 Å². The van der Waals surface area contributed by atoms with E-state index in [2.05, 4.69) is 50.3 Å². The van der Waals surface area contributed by atoms with Crippen LogP contribution in [0, 0.1) is 0 Å². The van der Waals surface area contributed by atoms with Gasteiger partial charge in [0.2, 0.25) is 0 Å². The van der Waals surface area contributed by atoms with Gasteiger partial charge >= 0.3 is 0 Å². The van der Waals surface area contributed by atoms with Crippen LogP contribution in [-0.2, 0) is 19.5 Å². The molecular weight excluding hydrogens is 414 g/mol. The molecule has 1 saturated heterocycles. The summed E-state index contributed by atoms with van der Waals surface area (Å²) in [4.78, 5) is 19.8. The second-order valence-corrected chi connectivity index (χ2v) is 9.22. The molecule has 178 valence electrons. The SMILES string of the molecule is NCCN1CCN(Cc2cccc(C(=O)NCC(O)CN3CCc4ccccc4C3)c2)CC1. The molecule has 33 heavy (non-hydrogen) atoms. The number of hydrogen-bond donors (Lipinski definition) is 3. The lowest BCUT2D eigenvalue weighted by atomic mass is 10.00. The minimum Gasteiger partial charge on any atom is -0.390 e. The van der Waals surface area contributed by atoms with Gasteiger partial charge in [0.25, 0.3) is 5.91 Å². The van der Waals surface area contributed by atoms with Crippen LogP contribution in [0.25, 0.3) is 0 Å². The lowest BCUT2D eigenvalue weighted by Crippen LogP contribution is -2.47. The average molecular weight is 452 g/mol. The summed E-state index contributed by atoms with van der Waals surface area (Å²) in [5.41, 5.74) is 10.2. The zero-order valence-corrected chi connectivity index (χ0v) is 19.5. The third-order valence-corrected chi connectivity index (χ3v) is 6.68. The lowest BCUT2D eigenvalue weighted by Gasteiger charge is -2.34. The largest absolute Gasteiger partial charge is 0.390 e. The first kappa shape index (κ1) is 23.9. The van der Waals surface area contributed by atoms with Crippen molar-refractivity contribution in [2.75, 3.05) is 58.9 Å². The Labute approximate surface area is 197 Å². The Hall–Kier alpha value is -2.29. The fraction of sp³-hybridized carbons (Fsp3) is 0.500. The number of β-amino-alcohol motifs (C(OH)–C–C–N with tert-alkyl or cyclic N) is 1. The number of nitrogens with one attached hydrogen (secondary N) is 1. The number of benzene rings is 2. The van der Waals surface area contributed by atoms with Crippen LogP contribution in [0.3, 0.4) is 0 Å². The molecule has 0 bridgehead atoms. The summed E-state index contributed by atoms with van der Waals surface area (Å²) in [5.74, 6) is -0.132. The minimum atomic E-state index is -0.591. The highest BCUT2D eigenvalue weighted by Gasteiger charge is 2.20. The predicted molar refractivity (Wildman–Crippen MR) is 131 cm³/mol.